The van der Waals surface area contributed by atoms with Crippen molar-refractivity contribution in [1.29, 1.82) is 0 Å². The zero-order valence-electron chi connectivity index (χ0n) is 16.9. The number of piperidine rings is 1. The first-order valence-corrected chi connectivity index (χ1v) is 11.0. The summed E-state index contributed by atoms with van der Waals surface area (Å²) >= 11 is 5.97. The predicted octanol–water partition coefficient (Wildman–Crippen LogP) is 5.47. The molecule has 0 saturated carbocycles. The number of halogens is 1. The second kappa shape index (κ2) is 8.29. The molecule has 3 aromatic rings. The summed E-state index contributed by atoms with van der Waals surface area (Å²) in [5.74, 6) is 2.63. The summed E-state index contributed by atoms with van der Waals surface area (Å²) in [6, 6.07) is 19.8. The van der Waals surface area contributed by atoms with Crippen LogP contribution in [0.1, 0.15) is 34.5 Å². The van der Waals surface area contributed by atoms with Gasteiger partial charge in [-0.1, -0.05) is 29.8 Å². The number of benzene rings is 2. The van der Waals surface area contributed by atoms with Crippen LogP contribution in [0, 0.1) is 5.92 Å². The molecule has 154 valence electrons. The average Bonchev–Trinajstić information content (AvgIpc) is 3.35. The quantitative estimate of drug-likeness (QED) is 0.549. The van der Waals surface area contributed by atoms with Crippen molar-refractivity contribution in [3.8, 4) is 11.3 Å². The maximum absolute atomic E-state index is 12.6. The molecule has 4 nitrogen and oxygen atoms in total. The lowest BCUT2D eigenvalue weighted by Gasteiger charge is -2.33. The summed E-state index contributed by atoms with van der Waals surface area (Å²) in [5, 5.41) is 0.730. The fraction of sp³-hybridized carbons (Fsp3) is 0.320. The van der Waals surface area contributed by atoms with Gasteiger partial charge in [0.2, 0.25) is 0 Å². The van der Waals surface area contributed by atoms with Gasteiger partial charge in [-0.05, 0) is 79.9 Å². The van der Waals surface area contributed by atoms with Crippen LogP contribution < -0.4 is 0 Å². The third-order valence-electron chi connectivity index (χ3n) is 6.25. The van der Waals surface area contributed by atoms with Crippen LogP contribution in [-0.2, 0) is 13.1 Å². The molecule has 0 spiro atoms. The molecule has 1 amide bonds. The molecule has 5 rings (SSSR count). The maximum Gasteiger partial charge on any atom is 0.254 e. The summed E-state index contributed by atoms with van der Waals surface area (Å²) < 4.78 is 6.06. The van der Waals surface area contributed by atoms with Gasteiger partial charge < -0.3 is 9.32 Å². The van der Waals surface area contributed by atoms with Crippen molar-refractivity contribution in [2.75, 3.05) is 19.6 Å². The molecule has 1 fully saturated rings. The minimum atomic E-state index is 0.193. The fourth-order valence-electron chi connectivity index (χ4n) is 4.55. The normalized spacial score (nSPS) is 17.5. The number of furan rings is 1. The molecule has 2 aliphatic heterocycles. The zero-order valence-corrected chi connectivity index (χ0v) is 17.6. The molecule has 0 aliphatic carbocycles. The highest BCUT2D eigenvalue weighted by molar-refractivity contribution is 6.30. The van der Waals surface area contributed by atoms with Crippen molar-refractivity contribution >= 4 is 17.5 Å². The summed E-state index contributed by atoms with van der Waals surface area (Å²) in [5.41, 5.74) is 3.08. The third kappa shape index (κ3) is 4.03. The minimum Gasteiger partial charge on any atom is -0.460 e. The van der Waals surface area contributed by atoms with Crippen LogP contribution in [0.15, 0.2) is 65.1 Å². The Balaban J connectivity index is 1.13. The van der Waals surface area contributed by atoms with Gasteiger partial charge in [-0.25, -0.2) is 0 Å². The summed E-state index contributed by atoms with van der Waals surface area (Å²) in [6.45, 7) is 4.53. The van der Waals surface area contributed by atoms with Crippen LogP contribution >= 0.6 is 11.6 Å². The van der Waals surface area contributed by atoms with Gasteiger partial charge in [-0.3, -0.25) is 9.69 Å². The molecule has 30 heavy (non-hydrogen) atoms. The Kier molecular flexibility index (Phi) is 5.36. The molecule has 2 aliphatic rings. The standard InChI is InChI=1S/C25H25ClN2O2/c26-21-7-5-19(6-8-21)24-10-9-22(30-24)17-27-13-11-18(12-14-27)15-28-16-20-3-1-2-4-23(20)25(28)29/h1-10,18H,11-17H2. The van der Waals surface area contributed by atoms with Gasteiger partial charge in [-0.2, -0.15) is 0 Å². The van der Waals surface area contributed by atoms with Gasteiger partial charge in [0.25, 0.3) is 5.91 Å². The summed E-state index contributed by atoms with van der Waals surface area (Å²) in [7, 11) is 0. The Labute approximate surface area is 182 Å². The smallest absolute Gasteiger partial charge is 0.254 e. The van der Waals surface area contributed by atoms with Crippen LogP contribution in [0.3, 0.4) is 0 Å². The molecule has 0 radical (unpaired) electrons. The van der Waals surface area contributed by atoms with Gasteiger partial charge in [0.1, 0.15) is 11.5 Å². The van der Waals surface area contributed by atoms with E-state index in [1.165, 1.54) is 0 Å². The monoisotopic (exact) mass is 420 g/mol. The molecule has 1 saturated heterocycles. The van der Waals surface area contributed by atoms with Gasteiger partial charge in [0, 0.05) is 29.2 Å². The third-order valence-corrected chi connectivity index (χ3v) is 6.50. The lowest BCUT2D eigenvalue weighted by Crippen LogP contribution is -2.38. The SMILES string of the molecule is O=C1c2ccccc2CN1CC1CCN(Cc2ccc(-c3ccc(Cl)cc3)o2)CC1. The Morgan fingerprint density at radius 3 is 2.50 bits per heavy atom. The lowest BCUT2D eigenvalue weighted by atomic mass is 9.96. The summed E-state index contributed by atoms with van der Waals surface area (Å²) in [4.78, 5) is 17.1. The van der Waals surface area contributed by atoms with E-state index in [1.54, 1.807) is 0 Å². The molecule has 0 unspecified atom stereocenters. The molecule has 0 bridgehead atoms. The van der Waals surface area contributed by atoms with E-state index in [0.717, 1.165) is 78.8 Å². The Morgan fingerprint density at radius 2 is 1.73 bits per heavy atom. The number of likely N-dealkylation sites (tertiary alicyclic amines) is 1. The first-order chi connectivity index (χ1) is 14.7. The molecule has 0 N–H and O–H groups in total. The van der Waals surface area contributed by atoms with Crippen molar-refractivity contribution in [3.63, 3.8) is 0 Å². The molecular formula is C25H25ClN2O2. The molecule has 3 heterocycles. The number of carbonyl (C=O) groups excluding carboxylic acids is 1. The van der Waals surface area contributed by atoms with Crippen molar-refractivity contribution in [2.45, 2.75) is 25.9 Å². The highest BCUT2D eigenvalue weighted by Crippen LogP contribution is 2.28. The van der Waals surface area contributed by atoms with E-state index in [4.69, 9.17) is 16.0 Å². The second-order valence-electron chi connectivity index (χ2n) is 8.34. The number of rotatable bonds is 5. The Bertz CT molecular complexity index is 1040. The molecule has 2 aromatic carbocycles. The van der Waals surface area contributed by atoms with E-state index >= 15 is 0 Å². The van der Waals surface area contributed by atoms with Crippen LogP contribution in [0.25, 0.3) is 11.3 Å². The number of nitrogens with zero attached hydrogens (tertiary/aromatic N) is 2. The van der Waals surface area contributed by atoms with E-state index in [2.05, 4.69) is 17.0 Å². The van der Waals surface area contributed by atoms with E-state index < -0.39 is 0 Å². The van der Waals surface area contributed by atoms with Gasteiger partial charge >= 0.3 is 0 Å². The molecule has 1 aromatic heterocycles. The number of hydrogen-bond acceptors (Lipinski definition) is 3. The van der Waals surface area contributed by atoms with Gasteiger partial charge in [-0.15, -0.1) is 0 Å². The van der Waals surface area contributed by atoms with Crippen LogP contribution in [0.4, 0.5) is 0 Å². The second-order valence-corrected chi connectivity index (χ2v) is 8.77. The van der Waals surface area contributed by atoms with Crippen molar-refractivity contribution in [3.05, 3.63) is 82.6 Å². The van der Waals surface area contributed by atoms with Gasteiger partial charge in [0.05, 0.1) is 6.54 Å². The maximum atomic E-state index is 12.6. The van der Waals surface area contributed by atoms with E-state index in [1.807, 2.05) is 53.4 Å². The topological polar surface area (TPSA) is 36.7 Å². The fourth-order valence-corrected chi connectivity index (χ4v) is 4.68. The molecule has 5 heteroatoms. The predicted molar refractivity (Wildman–Crippen MR) is 118 cm³/mol. The average molecular weight is 421 g/mol. The first-order valence-electron chi connectivity index (χ1n) is 10.6. The highest BCUT2D eigenvalue weighted by Gasteiger charge is 2.30. The summed E-state index contributed by atoms with van der Waals surface area (Å²) in [6.07, 6.45) is 2.23. The first kappa shape index (κ1) is 19.4. The van der Waals surface area contributed by atoms with Crippen molar-refractivity contribution in [1.82, 2.24) is 9.80 Å². The lowest BCUT2D eigenvalue weighted by molar-refractivity contribution is 0.0708. The number of hydrogen-bond donors (Lipinski definition) is 0. The molecular weight excluding hydrogens is 396 g/mol. The van der Waals surface area contributed by atoms with E-state index in [0.29, 0.717) is 5.92 Å². The largest absolute Gasteiger partial charge is 0.460 e. The van der Waals surface area contributed by atoms with Crippen LogP contribution in [-0.4, -0.2) is 35.3 Å². The minimum absolute atomic E-state index is 0.193. The Morgan fingerprint density at radius 1 is 0.967 bits per heavy atom. The van der Waals surface area contributed by atoms with Crippen molar-refractivity contribution in [2.24, 2.45) is 5.92 Å². The Hall–Kier alpha value is -2.56. The number of amides is 1. The van der Waals surface area contributed by atoms with Crippen LogP contribution in [0.5, 0.6) is 0 Å². The van der Waals surface area contributed by atoms with E-state index in [-0.39, 0.29) is 5.91 Å². The van der Waals surface area contributed by atoms with Crippen LogP contribution in [0.2, 0.25) is 5.02 Å². The van der Waals surface area contributed by atoms with Gasteiger partial charge in [0.15, 0.2) is 0 Å². The number of fused-ring (bicyclic) bond motifs is 1. The molecule has 0 atom stereocenters. The highest BCUT2D eigenvalue weighted by atomic mass is 35.5. The van der Waals surface area contributed by atoms with Crippen molar-refractivity contribution < 1.29 is 9.21 Å². The zero-order chi connectivity index (χ0) is 20.5. The van der Waals surface area contributed by atoms with E-state index in [9.17, 15) is 4.79 Å². The number of carbonyl (C=O) groups is 1.